The molecule has 0 unspecified atom stereocenters. The van der Waals surface area contributed by atoms with E-state index in [9.17, 15) is 9.18 Å². The number of halogens is 2. The largest absolute Gasteiger partial charge is 0.497 e. The third-order valence-electron chi connectivity index (χ3n) is 11.3. The third kappa shape index (κ3) is 9.28. The van der Waals surface area contributed by atoms with Gasteiger partial charge in [-0.15, -0.1) is 11.3 Å². The third-order valence-corrected chi connectivity index (χ3v) is 13.0. The lowest BCUT2D eigenvalue weighted by Gasteiger charge is -2.34. The molecule has 5 heterocycles. The Bertz CT molecular complexity index is 2460. The first-order chi connectivity index (χ1) is 29.2. The molecular formula is C47H49ClFN5O5S. The van der Waals surface area contributed by atoms with Crippen LogP contribution in [-0.4, -0.2) is 96.8 Å². The Morgan fingerprint density at radius 3 is 2.45 bits per heavy atom. The summed E-state index contributed by atoms with van der Waals surface area (Å²) < 4.78 is 38.5. The molecule has 60 heavy (non-hydrogen) atoms. The van der Waals surface area contributed by atoms with Gasteiger partial charge >= 0.3 is 5.97 Å². The number of fused-ring (bicyclic) bond motifs is 6. The minimum absolute atomic E-state index is 0.153. The van der Waals surface area contributed by atoms with Gasteiger partial charge in [0.1, 0.15) is 35.1 Å². The fourth-order valence-corrected chi connectivity index (χ4v) is 9.29. The van der Waals surface area contributed by atoms with Crippen LogP contribution in [0.25, 0.3) is 31.8 Å². The van der Waals surface area contributed by atoms with E-state index in [0.29, 0.717) is 40.7 Å². The molecule has 0 amide bonds. The molecule has 1 saturated heterocycles. The van der Waals surface area contributed by atoms with Gasteiger partial charge in [0.05, 0.1) is 19.1 Å². The molecule has 0 saturated carbocycles. The summed E-state index contributed by atoms with van der Waals surface area (Å²) in [6.45, 7) is 11.4. The van der Waals surface area contributed by atoms with Crippen LogP contribution >= 0.6 is 22.9 Å². The fourth-order valence-electron chi connectivity index (χ4n) is 7.92. The predicted octanol–water partition coefficient (Wildman–Crippen LogP) is 8.83. The number of piperazine rings is 1. The molecule has 6 aromatic rings. The van der Waals surface area contributed by atoms with E-state index in [-0.39, 0.29) is 24.7 Å². The molecule has 9 rings (SSSR count). The van der Waals surface area contributed by atoms with Crippen LogP contribution in [0.5, 0.6) is 17.4 Å². The Labute approximate surface area is 359 Å². The van der Waals surface area contributed by atoms with Crippen LogP contribution in [-0.2, 0) is 35.6 Å². The number of likely N-dealkylation sites (N-methyl/N-ethyl adjacent to an activating group) is 1. The lowest BCUT2D eigenvalue weighted by molar-refractivity contribution is -0.151. The van der Waals surface area contributed by atoms with Crippen molar-refractivity contribution < 1.29 is 28.1 Å². The Morgan fingerprint density at radius 1 is 0.933 bits per heavy atom. The molecule has 4 aromatic carbocycles. The zero-order chi connectivity index (χ0) is 41.8. The average molecular weight is 850 g/mol. The van der Waals surface area contributed by atoms with Crippen LogP contribution in [0.3, 0.4) is 0 Å². The van der Waals surface area contributed by atoms with Gasteiger partial charge in [0.15, 0.2) is 0 Å². The topological polar surface area (TPSA) is 89.5 Å². The average Bonchev–Trinajstić information content (AvgIpc) is 3.65. The number of methoxy groups -OCH3 is 1. The Morgan fingerprint density at radius 2 is 1.70 bits per heavy atom. The number of carbonyl (C=O) groups excluding carboxylic acids is 1. The van der Waals surface area contributed by atoms with Gasteiger partial charge in [-0.2, -0.15) is 0 Å². The number of thiophene rings is 1. The van der Waals surface area contributed by atoms with Gasteiger partial charge in [-0.05, 0) is 90.2 Å². The standard InChI is InChI=1S/C47H49ClFN5O5S/c1-5-57-47(55)40-25-35-24-32(8-17-39(35)58-28-31-6-14-37(56-4)15-7-31)26-54(23-22-53-20-18-52(3)19-21-53)27-34-11-16-38(30(2)43(34)48)41-42-45(59-40)50-29-51-46(42)60-44(41)33-9-12-36(49)13-10-33/h6-17,24,29,40H,5,18-23,25-28H2,1-4H3/t40-/m1/s1. The SMILES string of the molecule is CCOC(=O)[C@H]1Cc2cc(ccc2OCc2ccc(OC)cc2)CN(CCN2CCN(C)CC2)Cc2ccc(c(C)c2Cl)-c2c(-c3ccc(F)cc3)sc3ncnc(c23)O1. The zero-order valence-electron chi connectivity index (χ0n) is 34.4. The van der Waals surface area contributed by atoms with E-state index in [2.05, 4.69) is 56.0 Å². The molecule has 312 valence electrons. The van der Waals surface area contributed by atoms with Crippen molar-refractivity contribution in [2.75, 3.05) is 60.0 Å². The summed E-state index contributed by atoms with van der Waals surface area (Å²) >= 11 is 8.85. The monoisotopic (exact) mass is 849 g/mol. The first-order valence-corrected chi connectivity index (χ1v) is 21.5. The van der Waals surface area contributed by atoms with Gasteiger partial charge in [-0.25, -0.2) is 19.2 Å². The zero-order valence-corrected chi connectivity index (χ0v) is 36.0. The van der Waals surface area contributed by atoms with Crippen LogP contribution in [0.1, 0.15) is 34.7 Å². The van der Waals surface area contributed by atoms with Gasteiger partial charge in [0, 0.05) is 74.2 Å². The number of benzene rings is 4. The van der Waals surface area contributed by atoms with Crippen molar-refractivity contribution in [1.82, 2.24) is 24.7 Å². The van der Waals surface area contributed by atoms with Crippen molar-refractivity contribution in [3.63, 3.8) is 0 Å². The first-order valence-electron chi connectivity index (χ1n) is 20.3. The van der Waals surface area contributed by atoms with Gasteiger partial charge in [-0.1, -0.05) is 60.1 Å². The highest BCUT2D eigenvalue weighted by molar-refractivity contribution is 7.22. The molecule has 1 atom stereocenters. The van der Waals surface area contributed by atoms with E-state index in [1.54, 1.807) is 26.2 Å². The molecule has 0 N–H and O–H groups in total. The van der Waals surface area contributed by atoms with Crippen molar-refractivity contribution >= 4 is 39.1 Å². The quantitative estimate of drug-likeness (QED) is 0.125. The molecule has 3 aliphatic rings. The number of hydrogen-bond donors (Lipinski definition) is 0. The number of nitrogens with zero attached hydrogens (tertiary/aromatic N) is 5. The van der Waals surface area contributed by atoms with Crippen molar-refractivity contribution in [3.05, 3.63) is 124 Å². The van der Waals surface area contributed by atoms with E-state index < -0.39 is 12.1 Å². The molecule has 0 radical (unpaired) electrons. The maximum atomic E-state index is 14.3. The van der Waals surface area contributed by atoms with E-state index in [1.165, 1.54) is 29.8 Å². The second-order valence-electron chi connectivity index (χ2n) is 15.4. The van der Waals surface area contributed by atoms with Gasteiger partial charge in [0.25, 0.3) is 0 Å². The molecule has 10 nitrogen and oxygen atoms in total. The van der Waals surface area contributed by atoms with Gasteiger partial charge < -0.3 is 23.8 Å². The summed E-state index contributed by atoms with van der Waals surface area (Å²) in [6.07, 6.45) is 0.508. The number of carbonyl (C=O) groups is 1. The van der Waals surface area contributed by atoms with Crippen molar-refractivity contribution in [1.29, 1.82) is 0 Å². The minimum Gasteiger partial charge on any atom is -0.497 e. The number of esters is 1. The highest BCUT2D eigenvalue weighted by Gasteiger charge is 2.30. The summed E-state index contributed by atoms with van der Waals surface area (Å²) in [6, 6.07) is 24.6. The van der Waals surface area contributed by atoms with Crippen molar-refractivity contribution in [2.24, 2.45) is 0 Å². The highest BCUT2D eigenvalue weighted by atomic mass is 35.5. The molecular weight excluding hydrogens is 801 g/mol. The molecule has 13 heteroatoms. The van der Waals surface area contributed by atoms with Crippen LogP contribution in [0, 0.1) is 12.7 Å². The van der Waals surface area contributed by atoms with Crippen LogP contribution in [0.15, 0.2) is 85.2 Å². The normalized spacial score (nSPS) is 16.5. The second kappa shape index (κ2) is 18.7. The maximum absolute atomic E-state index is 14.3. The second-order valence-corrected chi connectivity index (χ2v) is 16.8. The van der Waals surface area contributed by atoms with E-state index in [4.69, 9.17) is 30.5 Å². The summed E-state index contributed by atoms with van der Waals surface area (Å²) in [5.74, 6) is 0.774. The maximum Gasteiger partial charge on any atom is 0.347 e. The van der Waals surface area contributed by atoms with E-state index >= 15 is 0 Å². The lowest BCUT2D eigenvalue weighted by atomic mass is 9.94. The molecule has 1 fully saturated rings. The smallest absolute Gasteiger partial charge is 0.347 e. The highest BCUT2D eigenvalue weighted by Crippen LogP contribution is 2.49. The number of ether oxygens (including phenoxy) is 4. The van der Waals surface area contributed by atoms with Crippen LogP contribution in [0.4, 0.5) is 4.39 Å². The Balaban J connectivity index is 1.26. The molecule has 3 aliphatic heterocycles. The molecule has 0 spiro atoms. The van der Waals surface area contributed by atoms with E-state index in [1.807, 2.05) is 37.3 Å². The number of aromatic nitrogens is 2. The molecule has 0 aliphatic carbocycles. The molecule has 2 aromatic heterocycles. The van der Waals surface area contributed by atoms with E-state index in [0.717, 1.165) is 94.4 Å². The summed E-state index contributed by atoms with van der Waals surface area (Å²) in [7, 11) is 3.81. The Hall–Kier alpha value is -5.11. The van der Waals surface area contributed by atoms with Crippen molar-refractivity contribution in [2.45, 2.75) is 46.1 Å². The Kier molecular flexibility index (Phi) is 12.9. The predicted molar refractivity (Wildman–Crippen MR) is 235 cm³/mol. The molecule has 4 bridgehead atoms. The number of hydrogen-bond acceptors (Lipinski definition) is 11. The first kappa shape index (κ1) is 41.6. The summed E-state index contributed by atoms with van der Waals surface area (Å²) in [5.41, 5.74) is 7.21. The summed E-state index contributed by atoms with van der Waals surface area (Å²) in [4.78, 5) is 32.1. The fraction of sp³-hybridized carbons (Fsp3) is 0.340. The number of rotatable bonds is 10. The van der Waals surface area contributed by atoms with Gasteiger partial charge in [-0.3, -0.25) is 9.80 Å². The lowest BCUT2D eigenvalue weighted by Crippen LogP contribution is -2.46. The van der Waals surface area contributed by atoms with Crippen LogP contribution in [0.2, 0.25) is 5.02 Å². The van der Waals surface area contributed by atoms with Crippen molar-refractivity contribution in [3.8, 4) is 38.9 Å². The van der Waals surface area contributed by atoms with Gasteiger partial charge in [0.2, 0.25) is 12.0 Å². The minimum atomic E-state index is -1.09. The van der Waals surface area contributed by atoms with Crippen LogP contribution < -0.4 is 14.2 Å². The summed E-state index contributed by atoms with van der Waals surface area (Å²) in [5, 5.41) is 1.30.